The first-order chi connectivity index (χ1) is 12.9. The quantitative estimate of drug-likeness (QED) is 0.731. The predicted molar refractivity (Wildman–Crippen MR) is 93.8 cm³/mol. The number of carbonyl (C=O) groups excluding carboxylic acids is 4. The largest absolute Gasteiger partial charge is 0.477 e. The van der Waals surface area contributed by atoms with Crippen molar-refractivity contribution in [2.24, 2.45) is 5.73 Å². The number of hydrogen-bond donors (Lipinski definition) is 2. The van der Waals surface area contributed by atoms with E-state index >= 15 is 0 Å². The molecule has 2 fully saturated rings. The highest BCUT2D eigenvalue weighted by Crippen LogP contribution is 2.36. The number of hydrogen-bond acceptors (Lipinski definition) is 5. The summed E-state index contributed by atoms with van der Waals surface area (Å²) in [5.74, 6) is -1.17. The van der Waals surface area contributed by atoms with Crippen LogP contribution in [0.1, 0.15) is 25.7 Å². The number of nitrogens with one attached hydrogen (secondary N) is 1. The number of ether oxygens (including phenoxy) is 1. The van der Waals surface area contributed by atoms with Gasteiger partial charge in [-0.2, -0.15) is 0 Å². The summed E-state index contributed by atoms with van der Waals surface area (Å²) in [5.41, 5.74) is 4.95. The number of imide groups is 1. The van der Waals surface area contributed by atoms with Gasteiger partial charge in [-0.1, -0.05) is 25.0 Å². The number of amides is 5. The summed E-state index contributed by atoms with van der Waals surface area (Å²) in [6.45, 7) is -0.466. The Bertz CT molecular complexity index is 833. The van der Waals surface area contributed by atoms with Crippen molar-refractivity contribution >= 4 is 29.4 Å². The van der Waals surface area contributed by atoms with Crippen LogP contribution in [0.4, 0.5) is 10.5 Å². The van der Waals surface area contributed by atoms with Crippen molar-refractivity contribution in [3.05, 3.63) is 24.3 Å². The van der Waals surface area contributed by atoms with E-state index in [1.165, 1.54) is 4.90 Å². The average Bonchev–Trinajstić information content (AvgIpc) is 3.21. The summed E-state index contributed by atoms with van der Waals surface area (Å²) in [6, 6.07) is 6.20. The Labute approximate surface area is 155 Å². The van der Waals surface area contributed by atoms with Gasteiger partial charge in [-0.3, -0.25) is 19.3 Å². The molecular weight excluding hydrogens is 352 g/mol. The number of anilines is 1. The number of carbonyl (C=O) groups is 4. The van der Waals surface area contributed by atoms with Gasteiger partial charge < -0.3 is 20.7 Å². The van der Waals surface area contributed by atoms with Crippen LogP contribution in [-0.4, -0.2) is 53.4 Å². The summed E-state index contributed by atoms with van der Waals surface area (Å²) in [4.78, 5) is 51.9. The Kier molecular flexibility index (Phi) is 4.01. The lowest BCUT2D eigenvalue weighted by Crippen LogP contribution is -2.52. The SMILES string of the molecule is NC(=O)[C@@H]1CN(C(=O)CN2C(=O)NC3(CCCC3)C2=O)c2ccccc2O1. The molecule has 0 unspecified atom stereocenters. The summed E-state index contributed by atoms with van der Waals surface area (Å²) in [6.07, 6.45) is 1.92. The summed E-state index contributed by atoms with van der Waals surface area (Å²) in [5, 5.41) is 2.75. The van der Waals surface area contributed by atoms with Crippen molar-refractivity contribution in [2.75, 3.05) is 18.0 Å². The van der Waals surface area contributed by atoms with Crippen LogP contribution in [0.3, 0.4) is 0 Å². The third-order valence-electron chi connectivity index (χ3n) is 5.39. The Balaban J connectivity index is 1.57. The Morgan fingerprint density at radius 3 is 2.63 bits per heavy atom. The molecule has 5 amide bonds. The topological polar surface area (TPSA) is 122 Å². The molecule has 3 aliphatic rings. The summed E-state index contributed by atoms with van der Waals surface area (Å²) >= 11 is 0. The van der Waals surface area contributed by atoms with Crippen LogP contribution in [0, 0.1) is 0 Å². The van der Waals surface area contributed by atoms with E-state index in [0.717, 1.165) is 17.7 Å². The molecule has 0 bridgehead atoms. The molecule has 1 saturated heterocycles. The number of benzene rings is 1. The highest BCUT2D eigenvalue weighted by atomic mass is 16.5. The minimum absolute atomic E-state index is 0.0695. The molecule has 0 radical (unpaired) electrons. The number of nitrogens with zero attached hydrogens (tertiary/aromatic N) is 2. The van der Waals surface area contributed by atoms with Crippen molar-refractivity contribution in [3.8, 4) is 5.75 Å². The lowest BCUT2D eigenvalue weighted by atomic mass is 9.98. The van der Waals surface area contributed by atoms with Gasteiger partial charge in [-0.25, -0.2) is 4.79 Å². The van der Waals surface area contributed by atoms with E-state index in [1.54, 1.807) is 24.3 Å². The summed E-state index contributed by atoms with van der Waals surface area (Å²) in [7, 11) is 0. The molecule has 1 atom stereocenters. The van der Waals surface area contributed by atoms with Crippen molar-refractivity contribution in [1.82, 2.24) is 10.2 Å². The zero-order valence-electron chi connectivity index (χ0n) is 14.6. The van der Waals surface area contributed by atoms with Gasteiger partial charge in [0.1, 0.15) is 17.8 Å². The van der Waals surface area contributed by atoms with Gasteiger partial charge in [0, 0.05) is 0 Å². The number of para-hydroxylation sites is 2. The molecule has 9 heteroatoms. The van der Waals surface area contributed by atoms with Crippen LogP contribution < -0.4 is 20.7 Å². The van der Waals surface area contributed by atoms with Crippen LogP contribution in [0.2, 0.25) is 0 Å². The highest BCUT2D eigenvalue weighted by molar-refractivity contribution is 6.11. The third kappa shape index (κ3) is 2.79. The van der Waals surface area contributed by atoms with Gasteiger partial charge in [0.25, 0.3) is 11.8 Å². The van der Waals surface area contributed by atoms with Crippen molar-refractivity contribution in [2.45, 2.75) is 37.3 Å². The monoisotopic (exact) mass is 372 g/mol. The lowest BCUT2D eigenvalue weighted by molar-refractivity contribution is -0.134. The molecular formula is C18H20N4O5. The van der Waals surface area contributed by atoms with E-state index in [0.29, 0.717) is 24.3 Å². The zero-order chi connectivity index (χ0) is 19.2. The van der Waals surface area contributed by atoms with E-state index in [9.17, 15) is 19.2 Å². The fraction of sp³-hybridized carbons (Fsp3) is 0.444. The zero-order valence-corrected chi connectivity index (χ0v) is 14.6. The normalized spacial score (nSPS) is 23.2. The molecule has 1 saturated carbocycles. The molecule has 27 heavy (non-hydrogen) atoms. The van der Waals surface area contributed by atoms with Crippen LogP contribution in [0.15, 0.2) is 24.3 Å². The van der Waals surface area contributed by atoms with Crippen LogP contribution in [-0.2, 0) is 14.4 Å². The van der Waals surface area contributed by atoms with Gasteiger partial charge in [-0.15, -0.1) is 0 Å². The first-order valence-corrected chi connectivity index (χ1v) is 8.91. The van der Waals surface area contributed by atoms with E-state index in [2.05, 4.69) is 5.32 Å². The van der Waals surface area contributed by atoms with E-state index in [-0.39, 0.29) is 12.5 Å². The van der Waals surface area contributed by atoms with Crippen LogP contribution >= 0.6 is 0 Å². The second-order valence-electron chi connectivity index (χ2n) is 7.09. The number of fused-ring (bicyclic) bond motifs is 1. The second-order valence-corrected chi connectivity index (χ2v) is 7.09. The molecule has 2 heterocycles. The average molecular weight is 372 g/mol. The standard InChI is InChI=1S/C18H20N4O5/c19-15(24)13-9-21(11-5-1-2-6-12(11)27-13)14(23)10-22-16(25)18(20-17(22)26)7-3-4-8-18/h1-2,5-6,13H,3-4,7-10H2,(H2,19,24)(H,20,26)/t13-/m0/s1. The maximum Gasteiger partial charge on any atom is 0.325 e. The van der Waals surface area contributed by atoms with Crippen molar-refractivity contribution in [1.29, 1.82) is 0 Å². The first-order valence-electron chi connectivity index (χ1n) is 8.91. The molecule has 0 aromatic heterocycles. The van der Waals surface area contributed by atoms with Gasteiger partial charge in [0.15, 0.2) is 6.10 Å². The molecule has 1 aromatic rings. The van der Waals surface area contributed by atoms with E-state index in [1.807, 2.05) is 0 Å². The van der Waals surface area contributed by atoms with Crippen molar-refractivity contribution in [3.63, 3.8) is 0 Å². The Morgan fingerprint density at radius 2 is 1.93 bits per heavy atom. The second kappa shape index (κ2) is 6.26. The summed E-state index contributed by atoms with van der Waals surface area (Å²) < 4.78 is 5.53. The van der Waals surface area contributed by atoms with Crippen molar-refractivity contribution < 1.29 is 23.9 Å². The molecule has 1 aliphatic carbocycles. The predicted octanol–water partition coefficient (Wildman–Crippen LogP) is 0.130. The Hall–Kier alpha value is -3.10. The molecule has 1 aromatic carbocycles. The highest BCUT2D eigenvalue weighted by Gasteiger charge is 2.53. The molecule has 142 valence electrons. The molecule has 2 aliphatic heterocycles. The maximum absolute atomic E-state index is 12.9. The number of nitrogens with two attached hydrogens (primary N) is 1. The van der Waals surface area contributed by atoms with E-state index < -0.39 is 36.0 Å². The number of rotatable bonds is 3. The lowest BCUT2D eigenvalue weighted by Gasteiger charge is -2.34. The minimum atomic E-state index is -0.992. The fourth-order valence-electron chi connectivity index (χ4n) is 3.98. The third-order valence-corrected chi connectivity index (χ3v) is 5.39. The van der Waals surface area contributed by atoms with Gasteiger partial charge in [0.05, 0.1) is 12.2 Å². The fourth-order valence-corrected chi connectivity index (χ4v) is 3.98. The smallest absolute Gasteiger partial charge is 0.325 e. The number of primary amides is 1. The minimum Gasteiger partial charge on any atom is -0.477 e. The van der Waals surface area contributed by atoms with Crippen LogP contribution in [0.5, 0.6) is 5.75 Å². The first kappa shape index (κ1) is 17.3. The van der Waals surface area contributed by atoms with Gasteiger partial charge >= 0.3 is 6.03 Å². The van der Waals surface area contributed by atoms with Gasteiger partial charge in [0.2, 0.25) is 5.91 Å². The van der Waals surface area contributed by atoms with E-state index in [4.69, 9.17) is 10.5 Å². The number of urea groups is 1. The molecule has 1 spiro atoms. The molecule has 3 N–H and O–H groups in total. The molecule has 9 nitrogen and oxygen atoms in total. The molecule has 4 rings (SSSR count). The van der Waals surface area contributed by atoms with Crippen LogP contribution in [0.25, 0.3) is 0 Å². The van der Waals surface area contributed by atoms with Gasteiger partial charge in [-0.05, 0) is 25.0 Å². The Morgan fingerprint density at radius 1 is 1.22 bits per heavy atom. The maximum atomic E-state index is 12.9.